The van der Waals surface area contributed by atoms with Crippen LogP contribution >= 0.6 is 68.6 Å². The van der Waals surface area contributed by atoms with Gasteiger partial charge in [0.15, 0.2) is 6.39 Å². The Morgan fingerprint density at radius 2 is 1.46 bits per heavy atom. The zero-order valence-electron chi connectivity index (χ0n) is 28.1. The van der Waals surface area contributed by atoms with Gasteiger partial charge in [-0.15, -0.1) is 34.0 Å². The van der Waals surface area contributed by atoms with Crippen LogP contribution in [0.2, 0.25) is 0 Å². The van der Waals surface area contributed by atoms with E-state index in [2.05, 4.69) is 47.2 Å². The van der Waals surface area contributed by atoms with Gasteiger partial charge in [0.05, 0.1) is 33.6 Å². The molecule has 0 atom stereocenters. The molecule has 0 unspecified atom stereocenters. The SMILES string of the molecule is Cc1ccns1.Cc1ccsn1.Cc1cncs1.Cc1cnoc1.Cc1cnsc1.Cc1cocn1.Cc1cscn1.Cc1nccs1. The number of hydrogen-bond donors (Lipinski definition) is 0. The minimum absolute atomic E-state index is 0.926. The lowest BCUT2D eigenvalue weighted by Gasteiger charge is -1.65. The van der Waals surface area contributed by atoms with E-state index in [0.717, 1.165) is 27.7 Å². The average molecular weight is 761 g/mol. The van der Waals surface area contributed by atoms with E-state index in [-0.39, 0.29) is 0 Å². The Morgan fingerprint density at radius 3 is 1.62 bits per heavy atom. The molecule has 0 fully saturated rings. The summed E-state index contributed by atoms with van der Waals surface area (Å²) in [5, 5.41) is 12.5. The topological polar surface area (TPSA) is 129 Å². The molecular formula is C32H40N8O2S6. The highest BCUT2D eigenvalue weighted by Gasteiger charge is 1.80. The molecule has 0 spiro atoms. The first-order valence-corrected chi connectivity index (χ1v) is 19.2. The van der Waals surface area contributed by atoms with E-state index < -0.39 is 0 Å². The number of thiazole rings is 3. The molecule has 0 radical (unpaired) electrons. The lowest BCUT2D eigenvalue weighted by Crippen LogP contribution is -1.59. The van der Waals surface area contributed by atoms with Gasteiger partial charge in [-0.3, -0.25) is 15.0 Å². The highest BCUT2D eigenvalue weighted by molar-refractivity contribution is 7.09. The molecule has 0 aliphatic heterocycles. The quantitative estimate of drug-likeness (QED) is 0.147. The van der Waals surface area contributed by atoms with Gasteiger partial charge in [0.1, 0.15) is 12.5 Å². The highest BCUT2D eigenvalue weighted by atomic mass is 32.1. The maximum atomic E-state index is 4.60. The van der Waals surface area contributed by atoms with Gasteiger partial charge < -0.3 is 8.94 Å². The van der Waals surface area contributed by atoms with Crippen LogP contribution in [0.5, 0.6) is 0 Å². The summed E-state index contributed by atoms with van der Waals surface area (Å²) in [5.41, 5.74) is 9.12. The second-order valence-electron chi connectivity index (χ2n) is 9.09. The fourth-order valence-electron chi connectivity index (χ4n) is 2.19. The van der Waals surface area contributed by atoms with Crippen LogP contribution in [0.25, 0.3) is 0 Å². The first kappa shape index (κ1) is 42.2. The summed E-state index contributed by atoms with van der Waals surface area (Å²) in [6.45, 7) is 15.9. The standard InChI is InChI=1S/2C4H5NO.6C4H5NS/c1-4-2-6-3-5-4;1-4-2-5-6-3-4;1-4-2-6-3-5-4;1-4-2-5-3-6-4;1-4-2-5-6-3-4;1-4-5-2-3-6-4;1-4-2-3-6-5-4;1-4-2-3-5-6-4/h8*2-3H,1H3. The Labute approximate surface area is 306 Å². The molecule has 256 valence electrons. The van der Waals surface area contributed by atoms with Crippen LogP contribution < -0.4 is 0 Å². The van der Waals surface area contributed by atoms with E-state index in [0.29, 0.717) is 0 Å². The third kappa shape index (κ3) is 26.3. The van der Waals surface area contributed by atoms with Gasteiger partial charge in [-0.1, -0.05) is 5.16 Å². The van der Waals surface area contributed by atoms with Crippen molar-refractivity contribution in [3.05, 3.63) is 138 Å². The molecule has 0 aromatic carbocycles. The van der Waals surface area contributed by atoms with Gasteiger partial charge in [-0.05, 0) is 108 Å². The van der Waals surface area contributed by atoms with Crippen molar-refractivity contribution in [3.63, 3.8) is 0 Å². The summed E-state index contributed by atoms with van der Waals surface area (Å²) in [7, 11) is 0. The molecule has 10 nitrogen and oxygen atoms in total. The normalized spacial score (nSPS) is 8.83. The van der Waals surface area contributed by atoms with Crippen LogP contribution in [-0.4, -0.2) is 38.2 Å². The minimum Gasteiger partial charge on any atom is -0.452 e. The number of oxazole rings is 1. The number of hydrogen-bond acceptors (Lipinski definition) is 16. The lowest BCUT2D eigenvalue weighted by atomic mass is 10.4. The van der Waals surface area contributed by atoms with E-state index in [1.54, 1.807) is 65.1 Å². The fourth-order valence-corrected chi connectivity index (χ4v) is 5.05. The zero-order valence-corrected chi connectivity index (χ0v) is 33.0. The second kappa shape index (κ2) is 28.2. The van der Waals surface area contributed by atoms with Gasteiger partial charge in [0.2, 0.25) is 0 Å². The van der Waals surface area contributed by atoms with Gasteiger partial charge in [-0.2, -0.15) is 4.37 Å². The molecule has 8 aromatic rings. The molecule has 48 heavy (non-hydrogen) atoms. The summed E-state index contributed by atoms with van der Waals surface area (Å²) in [6.07, 6.45) is 13.6. The number of aromatic nitrogens is 8. The number of rotatable bonds is 0. The van der Waals surface area contributed by atoms with Crippen molar-refractivity contribution in [2.45, 2.75) is 55.4 Å². The number of aryl methyl sites for hydroxylation is 8. The first-order valence-electron chi connectivity index (χ1n) is 14.0. The first-order chi connectivity index (χ1) is 23.2. The summed E-state index contributed by atoms with van der Waals surface area (Å²) in [6, 6.07) is 3.98. The van der Waals surface area contributed by atoms with Crippen molar-refractivity contribution in [3.8, 4) is 0 Å². The van der Waals surface area contributed by atoms with E-state index in [9.17, 15) is 0 Å². The Morgan fingerprint density at radius 1 is 0.625 bits per heavy atom. The molecule has 8 heterocycles. The Hall–Kier alpha value is -3.80. The van der Waals surface area contributed by atoms with Crippen LogP contribution in [-0.2, 0) is 0 Å². The molecule has 8 aromatic heterocycles. The Kier molecular flexibility index (Phi) is 24.8. The lowest BCUT2D eigenvalue weighted by molar-refractivity contribution is 0.419. The van der Waals surface area contributed by atoms with Crippen molar-refractivity contribution in [2.75, 3.05) is 0 Å². The number of nitrogens with zero attached hydrogens (tertiary/aromatic N) is 8. The average Bonchev–Trinajstić information content (AvgIpc) is 3.87. The molecule has 0 N–H and O–H groups in total. The molecule has 0 saturated heterocycles. The predicted octanol–water partition coefficient (Wildman–Crippen LogP) is 10.7. The fraction of sp³-hybridized carbons (Fsp3) is 0.250. The third-order valence-electron chi connectivity index (χ3n) is 4.47. The summed E-state index contributed by atoms with van der Waals surface area (Å²) in [4.78, 5) is 18.0. The van der Waals surface area contributed by atoms with E-state index in [4.69, 9.17) is 0 Å². The monoisotopic (exact) mass is 760 g/mol. The van der Waals surface area contributed by atoms with Gasteiger partial charge >= 0.3 is 0 Å². The molecule has 0 aliphatic carbocycles. The van der Waals surface area contributed by atoms with Crippen molar-refractivity contribution < 1.29 is 8.94 Å². The van der Waals surface area contributed by atoms with E-state index in [1.807, 2.05) is 112 Å². The minimum atomic E-state index is 0.926. The van der Waals surface area contributed by atoms with Gasteiger partial charge in [0, 0.05) is 67.3 Å². The van der Waals surface area contributed by atoms with Crippen molar-refractivity contribution in [1.29, 1.82) is 0 Å². The zero-order chi connectivity index (χ0) is 35.2. The van der Waals surface area contributed by atoms with Crippen LogP contribution in [0, 0.1) is 55.4 Å². The molecule has 0 aliphatic rings. The summed E-state index contributed by atoms with van der Waals surface area (Å²) >= 11 is 9.47. The molecular weight excluding hydrogens is 721 g/mol. The summed E-state index contributed by atoms with van der Waals surface area (Å²) < 4.78 is 20.8. The van der Waals surface area contributed by atoms with Crippen molar-refractivity contribution in [2.24, 2.45) is 0 Å². The predicted molar refractivity (Wildman–Crippen MR) is 204 cm³/mol. The largest absolute Gasteiger partial charge is 0.452 e. The highest BCUT2D eigenvalue weighted by Crippen LogP contribution is 2.01. The maximum Gasteiger partial charge on any atom is 0.180 e. The van der Waals surface area contributed by atoms with Gasteiger partial charge in [0.25, 0.3) is 0 Å². The Balaban J connectivity index is 0.000000274. The third-order valence-corrected chi connectivity index (χ3v) is 8.59. The van der Waals surface area contributed by atoms with Crippen molar-refractivity contribution in [1.82, 2.24) is 38.2 Å². The van der Waals surface area contributed by atoms with Crippen LogP contribution in [0.3, 0.4) is 0 Å². The molecule has 0 amide bonds. The summed E-state index contributed by atoms with van der Waals surface area (Å²) in [5.74, 6) is 0. The van der Waals surface area contributed by atoms with Crippen LogP contribution in [0.1, 0.15) is 43.0 Å². The smallest absolute Gasteiger partial charge is 0.180 e. The maximum absolute atomic E-state index is 4.60. The Bertz CT molecular complexity index is 1280. The molecule has 16 heteroatoms. The van der Waals surface area contributed by atoms with Crippen LogP contribution in [0.4, 0.5) is 0 Å². The second-order valence-corrected chi connectivity index (χ2v) is 14.4. The van der Waals surface area contributed by atoms with E-state index in [1.165, 1.54) is 56.3 Å². The molecule has 0 saturated carbocycles. The van der Waals surface area contributed by atoms with Crippen molar-refractivity contribution >= 4 is 68.6 Å². The molecule has 8 rings (SSSR count). The van der Waals surface area contributed by atoms with E-state index >= 15 is 0 Å². The van der Waals surface area contributed by atoms with Crippen LogP contribution in [0.15, 0.2) is 104 Å². The van der Waals surface area contributed by atoms with Gasteiger partial charge in [-0.25, -0.2) is 13.7 Å². The molecule has 0 bridgehead atoms.